The minimum atomic E-state index is 0.900. The largest absolute Gasteiger partial charge is 0.468 e. The van der Waals surface area contributed by atoms with E-state index in [2.05, 4.69) is 21.2 Å². The van der Waals surface area contributed by atoms with Crippen LogP contribution in [0.25, 0.3) is 0 Å². The van der Waals surface area contributed by atoms with E-state index in [4.69, 9.17) is 4.42 Å². The van der Waals surface area contributed by atoms with E-state index in [-0.39, 0.29) is 0 Å². The third kappa shape index (κ3) is 4.09. The second kappa shape index (κ2) is 7.43. The first-order chi connectivity index (χ1) is 10.3. The average molecular weight is 291 g/mol. The minimum absolute atomic E-state index is 0.900. The minimum Gasteiger partial charge on any atom is -0.468 e. The fourth-order valence-corrected chi connectivity index (χ4v) is 3.71. The molecule has 3 rings (SSSR count). The molecule has 0 unspecified atom stereocenters. The lowest BCUT2D eigenvalue weighted by molar-refractivity contribution is 0.141. The van der Waals surface area contributed by atoms with Gasteiger partial charge >= 0.3 is 0 Å². The SMILES string of the molecule is CNCc1ccoc1CN1CCC(CN2CCCC2)CC1. The number of hydrogen-bond donors (Lipinski definition) is 1. The number of piperidine rings is 1. The molecule has 2 aliphatic heterocycles. The maximum atomic E-state index is 5.66. The summed E-state index contributed by atoms with van der Waals surface area (Å²) in [6.07, 6.45) is 7.33. The summed E-state index contributed by atoms with van der Waals surface area (Å²) in [6.45, 7) is 8.31. The van der Waals surface area contributed by atoms with Crippen molar-refractivity contribution in [3.05, 3.63) is 23.7 Å². The summed E-state index contributed by atoms with van der Waals surface area (Å²) >= 11 is 0. The maximum Gasteiger partial charge on any atom is 0.122 e. The van der Waals surface area contributed by atoms with Crippen LogP contribution in [0, 0.1) is 5.92 Å². The van der Waals surface area contributed by atoms with Gasteiger partial charge < -0.3 is 14.6 Å². The molecule has 0 aliphatic carbocycles. The number of furan rings is 1. The molecule has 0 aromatic carbocycles. The second-order valence-electron chi connectivity index (χ2n) is 6.63. The molecule has 1 aromatic rings. The lowest BCUT2D eigenvalue weighted by atomic mass is 9.96. The number of nitrogens with one attached hydrogen (secondary N) is 1. The van der Waals surface area contributed by atoms with Gasteiger partial charge in [0.2, 0.25) is 0 Å². The number of likely N-dealkylation sites (tertiary alicyclic amines) is 2. The summed E-state index contributed by atoms with van der Waals surface area (Å²) < 4.78 is 5.66. The Balaban J connectivity index is 1.43. The van der Waals surface area contributed by atoms with E-state index in [1.165, 1.54) is 64.0 Å². The highest BCUT2D eigenvalue weighted by Crippen LogP contribution is 2.23. The van der Waals surface area contributed by atoms with E-state index in [1.54, 1.807) is 0 Å². The Kier molecular flexibility index (Phi) is 5.33. The Labute approximate surface area is 128 Å². The van der Waals surface area contributed by atoms with Crippen molar-refractivity contribution in [1.82, 2.24) is 15.1 Å². The van der Waals surface area contributed by atoms with Gasteiger partial charge in [0.05, 0.1) is 12.8 Å². The molecule has 2 fully saturated rings. The molecular formula is C17H29N3O. The summed E-state index contributed by atoms with van der Waals surface area (Å²) in [5, 5.41) is 3.21. The fourth-order valence-electron chi connectivity index (χ4n) is 3.71. The Hall–Kier alpha value is -0.840. The Morgan fingerprint density at radius 3 is 2.62 bits per heavy atom. The monoisotopic (exact) mass is 291 g/mol. The smallest absolute Gasteiger partial charge is 0.122 e. The van der Waals surface area contributed by atoms with Crippen molar-refractivity contribution < 1.29 is 4.42 Å². The van der Waals surface area contributed by atoms with E-state index in [0.717, 1.165) is 24.8 Å². The molecule has 0 bridgehead atoms. The summed E-state index contributed by atoms with van der Waals surface area (Å²) in [6, 6.07) is 2.09. The van der Waals surface area contributed by atoms with Gasteiger partial charge in [-0.15, -0.1) is 0 Å². The van der Waals surface area contributed by atoms with Crippen molar-refractivity contribution in [2.24, 2.45) is 5.92 Å². The Morgan fingerprint density at radius 1 is 1.14 bits per heavy atom. The molecule has 21 heavy (non-hydrogen) atoms. The molecule has 4 heteroatoms. The summed E-state index contributed by atoms with van der Waals surface area (Å²) in [5.41, 5.74) is 1.30. The van der Waals surface area contributed by atoms with Crippen LogP contribution in [-0.4, -0.2) is 49.6 Å². The quantitative estimate of drug-likeness (QED) is 0.871. The average Bonchev–Trinajstić information content (AvgIpc) is 3.14. The molecule has 1 aromatic heterocycles. The Bertz CT molecular complexity index is 417. The second-order valence-corrected chi connectivity index (χ2v) is 6.63. The summed E-state index contributed by atoms with van der Waals surface area (Å²) in [7, 11) is 1.99. The molecule has 2 aliphatic rings. The van der Waals surface area contributed by atoms with E-state index in [0.29, 0.717) is 0 Å². The molecule has 3 heterocycles. The molecule has 1 N–H and O–H groups in total. The molecule has 0 saturated carbocycles. The normalized spacial score (nSPS) is 22.1. The zero-order valence-corrected chi connectivity index (χ0v) is 13.3. The van der Waals surface area contributed by atoms with Crippen molar-refractivity contribution in [2.45, 2.75) is 38.8 Å². The highest BCUT2D eigenvalue weighted by molar-refractivity contribution is 5.16. The Morgan fingerprint density at radius 2 is 1.90 bits per heavy atom. The van der Waals surface area contributed by atoms with E-state index < -0.39 is 0 Å². The van der Waals surface area contributed by atoms with Crippen LogP contribution in [0.3, 0.4) is 0 Å². The molecule has 118 valence electrons. The molecule has 0 radical (unpaired) electrons. The van der Waals surface area contributed by atoms with Gasteiger partial charge in [-0.3, -0.25) is 4.90 Å². The van der Waals surface area contributed by atoms with Crippen LogP contribution in [-0.2, 0) is 13.1 Å². The van der Waals surface area contributed by atoms with E-state index in [1.807, 2.05) is 13.3 Å². The molecule has 0 amide bonds. The molecule has 4 nitrogen and oxygen atoms in total. The third-order valence-electron chi connectivity index (χ3n) is 4.99. The van der Waals surface area contributed by atoms with Crippen LogP contribution in [0.2, 0.25) is 0 Å². The van der Waals surface area contributed by atoms with Crippen LogP contribution < -0.4 is 5.32 Å². The van der Waals surface area contributed by atoms with Gasteiger partial charge in [-0.2, -0.15) is 0 Å². The molecule has 2 saturated heterocycles. The van der Waals surface area contributed by atoms with Crippen LogP contribution in [0.4, 0.5) is 0 Å². The van der Waals surface area contributed by atoms with Gasteiger partial charge in [0, 0.05) is 18.7 Å². The molecule has 0 spiro atoms. The van der Waals surface area contributed by atoms with Gasteiger partial charge in [-0.05, 0) is 70.9 Å². The predicted octanol–water partition coefficient (Wildman–Crippen LogP) is 2.31. The van der Waals surface area contributed by atoms with Crippen molar-refractivity contribution in [2.75, 3.05) is 39.8 Å². The highest BCUT2D eigenvalue weighted by Gasteiger charge is 2.23. The van der Waals surface area contributed by atoms with Crippen LogP contribution in [0.5, 0.6) is 0 Å². The highest BCUT2D eigenvalue weighted by atomic mass is 16.3. The summed E-state index contributed by atoms with van der Waals surface area (Å²) in [5.74, 6) is 2.05. The topological polar surface area (TPSA) is 31.7 Å². The molecule has 0 atom stereocenters. The predicted molar refractivity (Wildman–Crippen MR) is 85.1 cm³/mol. The third-order valence-corrected chi connectivity index (χ3v) is 4.99. The first-order valence-electron chi connectivity index (χ1n) is 8.49. The van der Waals surface area contributed by atoms with Crippen molar-refractivity contribution in [3.63, 3.8) is 0 Å². The van der Waals surface area contributed by atoms with Gasteiger partial charge in [0.25, 0.3) is 0 Å². The lowest BCUT2D eigenvalue weighted by Gasteiger charge is -2.33. The van der Waals surface area contributed by atoms with Gasteiger partial charge in [0.15, 0.2) is 0 Å². The first-order valence-corrected chi connectivity index (χ1v) is 8.49. The van der Waals surface area contributed by atoms with Gasteiger partial charge in [0.1, 0.15) is 5.76 Å². The van der Waals surface area contributed by atoms with E-state index in [9.17, 15) is 0 Å². The van der Waals surface area contributed by atoms with Crippen LogP contribution >= 0.6 is 0 Å². The van der Waals surface area contributed by atoms with Crippen molar-refractivity contribution in [3.8, 4) is 0 Å². The number of hydrogen-bond acceptors (Lipinski definition) is 4. The van der Waals surface area contributed by atoms with Crippen LogP contribution in [0.1, 0.15) is 37.0 Å². The zero-order valence-electron chi connectivity index (χ0n) is 13.3. The molecular weight excluding hydrogens is 262 g/mol. The van der Waals surface area contributed by atoms with Gasteiger partial charge in [-0.1, -0.05) is 0 Å². The first kappa shape index (κ1) is 15.1. The lowest BCUT2D eigenvalue weighted by Crippen LogP contribution is -2.37. The number of nitrogens with zero attached hydrogens (tertiary/aromatic N) is 2. The zero-order chi connectivity index (χ0) is 14.5. The van der Waals surface area contributed by atoms with Crippen molar-refractivity contribution in [1.29, 1.82) is 0 Å². The van der Waals surface area contributed by atoms with Crippen LogP contribution in [0.15, 0.2) is 16.7 Å². The standard InChI is InChI=1S/C17H29N3O/c1-18-12-16-6-11-21-17(16)14-20-9-4-15(5-10-20)13-19-7-2-3-8-19/h6,11,15,18H,2-5,7-10,12-14H2,1H3. The number of rotatable bonds is 6. The maximum absolute atomic E-state index is 5.66. The van der Waals surface area contributed by atoms with Crippen molar-refractivity contribution >= 4 is 0 Å². The van der Waals surface area contributed by atoms with Gasteiger partial charge in [-0.25, -0.2) is 0 Å². The van der Waals surface area contributed by atoms with E-state index >= 15 is 0 Å². The summed E-state index contributed by atoms with van der Waals surface area (Å²) in [4.78, 5) is 5.22. The fraction of sp³-hybridized carbons (Fsp3) is 0.765.